The van der Waals surface area contributed by atoms with Gasteiger partial charge in [-0.25, -0.2) is 0 Å². The number of phenols is 2. The van der Waals surface area contributed by atoms with Gasteiger partial charge in [0.1, 0.15) is 17.2 Å². The van der Waals surface area contributed by atoms with Crippen molar-refractivity contribution >= 4 is 5.69 Å². The van der Waals surface area contributed by atoms with E-state index in [1.54, 1.807) is 0 Å². The molecule has 4 aromatic carbocycles. The molecule has 0 amide bonds. The Morgan fingerprint density at radius 3 is 0.741 bits per heavy atom. The molecule has 58 heavy (non-hydrogen) atoms. The van der Waals surface area contributed by atoms with Gasteiger partial charge in [-0.3, -0.25) is 0 Å². The van der Waals surface area contributed by atoms with E-state index in [2.05, 4.69) is 187 Å². The monoisotopic (exact) mass is 788 g/mol. The number of hydrogen-bond donors (Lipinski definition) is 2. The Balaban J connectivity index is 2.12. The molecular weight excluding hydrogens is 711 g/mol. The topological polar surface area (TPSA) is 69.9 Å². The van der Waals surface area contributed by atoms with Gasteiger partial charge in [-0.15, -0.1) is 4.91 Å². The maximum absolute atomic E-state index is 12.5. The van der Waals surface area contributed by atoms with Crippen LogP contribution in [0.25, 0.3) is 0 Å². The van der Waals surface area contributed by atoms with E-state index < -0.39 is 0 Å². The van der Waals surface area contributed by atoms with Crippen LogP contribution in [0.1, 0.15) is 208 Å². The fourth-order valence-corrected chi connectivity index (χ4v) is 8.72. The molecule has 0 aromatic heterocycles. The van der Waals surface area contributed by atoms with Crippen LogP contribution < -0.4 is 0 Å². The zero-order valence-corrected chi connectivity index (χ0v) is 40.3. The lowest BCUT2D eigenvalue weighted by Crippen LogP contribution is -2.19. The first kappa shape index (κ1) is 46.8. The highest BCUT2D eigenvalue weighted by molar-refractivity contribution is 5.62. The van der Waals surface area contributed by atoms with E-state index in [0.29, 0.717) is 17.2 Å². The second-order valence-electron chi connectivity index (χ2n) is 23.6. The van der Waals surface area contributed by atoms with Gasteiger partial charge in [0.05, 0.1) is 0 Å². The first-order valence-corrected chi connectivity index (χ1v) is 21.4. The molecule has 4 nitrogen and oxygen atoms in total. The van der Waals surface area contributed by atoms with Gasteiger partial charge < -0.3 is 10.2 Å². The molecule has 0 saturated heterocycles. The second kappa shape index (κ2) is 15.6. The lowest BCUT2D eigenvalue weighted by molar-refractivity contribution is 0.422. The fraction of sp³-hybridized carbons (Fsp3) is 0.556. The summed E-state index contributed by atoms with van der Waals surface area (Å²) in [5.74, 6) is 0.799. The minimum atomic E-state index is -0.268. The van der Waals surface area contributed by atoms with Crippen molar-refractivity contribution in [2.24, 2.45) is 5.18 Å². The highest BCUT2D eigenvalue weighted by Crippen LogP contribution is 2.45. The molecule has 0 saturated carbocycles. The molecule has 0 radical (unpaired) electrons. The molecule has 0 unspecified atom stereocenters. The molecule has 0 aliphatic carbocycles. The summed E-state index contributed by atoms with van der Waals surface area (Å²) in [5, 5.41) is 26.9. The van der Waals surface area contributed by atoms with Crippen LogP contribution in [0.2, 0.25) is 0 Å². The molecule has 0 heterocycles. The molecule has 4 heteroatoms. The summed E-state index contributed by atoms with van der Waals surface area (Å²) in [6.07, 6.45) is 2.18. The van der Waals surface area contributed by atoms with Crippen molar-refractivity contribution in [3.8, 4) is 11.5 Å². The van der Waals surface area contributed by atoms with E-state index in [1.165, 1.54) is 50.1 Å². The SMILES string of the molecule is Cc1c(Cc2cc(C(C)(C)C)c(O)c(C(C)(C)C)c2)c(C)c(Cc2cc(C(C)(C)C)c(N=O)c(C(C)(C)C)c2)c(C)c1Cc1cc(C(C)(C)C)c(O)c(C(C)(C)C)c1. The van der Waals surface area contributed by atoms with Crippen LogP contribution in [0, 0.1) is 25.7 Å². The van der Waals surface area contributed by atoms with Crippen molar-refractivity contribution in [2.45, 2.75) is 197 Å². The quantitative estimate of drug-likeness (QED) is 0.183. The zero-order chi connectivity index (χ0) is 44.5. The first-order chi connectivity index (χ1) is 26.1. The molecule has 4 rings (SSSR count). The van der Waals surface area contributed by atoms with Crippen LogP contribution in [-0.4, -0.2) is 10.2 Å². The van der Waals surface area contributed by atoms with Gasteiger partial charge in [0.2, 0.25) is 0 Å². The molecule has 0 atom stereocenters. The van der Waals surface area contributed by atoms with E-state index >= 15 is 0 Å². The summed E-state index contributed by atoms with van der Waals surface area (Å²) in [7, 11) is 0. The van der Waals surface area contributed by atoms with Gasteiger partial charge in [-0.1, -0.05) is 161 Å². The molecule has 316 valence electrons. The van der Waals surface area contributed by atoms with E-state index in [1.807, 2.05) is 0 Å². The van der Waals surface area contributed by atoms with Crippen LogP contribution in [0.3, 0.4) is 0 Å². The standard InChI is InChI=1S/C54H77NO3/c1-31-37(22-34-25-40(49(4,5)6)46(55-58)41(26-34)50(7,8)9)32(2)39(24-36-29-44(53(16,17)18)48(57)45(30-36)54(19,20)21)33(3)38(31)23-35-27-42(51(10,11)12)47(56)43(28-35)52(13,14)15/h25-30,56-57H,22-24H2,1-21H3. The number of hydrogen-bond acceptors (Lipinski definition) is 4. The average Bonchev–Trinajstić information content (AvgIpc) is 3.04. The number of nitrogens with zero attached hydrogens (tertiary/aromatic N) is 1. The number of nitroso groups, excluding NO2 is 1. The molecule has 4 aromatic rings. The van der Waals surface area contributed by atoms with Crippen molar-refractivity contribution in [2.75, 3.05) is 0 Å². The largest absolute Gasteiger partial charge is 0.507 e. The maximum atomic E-state index is 12.5. The Morgan fingerprint density at radius 1 is 0.379 bits per heavy atom. The lowest BCUT2D eigenvalue weighted by Gasteiger charge is -2.30. The molecule has 0 aliphatic rings. The number of phenolic OH excluding ortho intramolecular Hbond substituents is 2. The van der Waals surface area contributed by atoms with Gasteiger partial charge in [0.25, 0.3) is 0 Å². The summed E-state index contributed by atoms with van der Waals surface area (Å²) < 4.78 is 0. The molecule has 0 bridgehead atoms. The van der Waals surface area contributed by atoms with Crippen LogP contribution >= 0.6 is 0 Å². The average molecular weight is 788 g/mol. The Morgan fingerprint density at radius 2 is 0.569 bits per heavy atom. The molecule has 0 spiro atoms. The summed E-state index contributed by atoms with van der Waals surface area (Å²) in [4.78, 5) is 12.5. The minimum absolute atomic E-state index is 0.236. The third kappa shape index (κ3) is 9.75. The first-order valence-electron chi connectivity index (χ1n) is 21.4. The van der Waals surface area contributed by atoms with Crippen molar-refractivity contribution in [3.05, 3.63) is 125 Å². The fourth-order valence-electron chi connectivity index (χ4n) is 8.72. The summed E-state index contributed by atoms with van der Waals surface area (Å²) in [6, 6.07) is 13.4. The smallest absolute Gasteiger partial charge is 0.123 e. The highest BCUT2D eigenvalue weighted by Gasteiger charge is 2.31. The number of aromatic hydroxyl groups is 2. The van der Waals surface area contributed by atoms with E-state index in [4.69, 9.17) is 0 Å². The predicted octanol–water partition coefficient (Wildman–Crippen LogP) is 15.0. The van der Waals surface area contributed by atoms with E-state index in [-0.39, 0.29) is 32.5 Å². The Labute approximate surface area is 353 Å². The minimum Gasteiger partial charge on any atom is -0.507 e. The summed E-state index contributed by atoms with van der Waals surface area (Å²) >= 11 is 0. The zero-order valence-electron chi connectivity index (χ0n) is 40.3. The third-order valence-corrected chi connectivity index (χ3v) is 12.3. The van der Waals surface area contributed by atoms with Gasteiger partial charge in [-0.05, 0) is 161 Å². The summed E-state index contributed by atoms with van der Waals surface area (Å²) in [5.41, 5.74) is 16.3. The van der Waals surface area contributed by atoms with Crippen LogP contribution in [0.5, 0.6) is 11.5 Å². The van der Waals surface area contributed by atoms with Crippen LogP contribution in [0.4, 0.5) is 5.69 Å². The van der Waals surface area contributed by atoms with Gasteiger partial charge in [0.15, 0.2) is 0 Å². The highest BCUT2D eigenvalue weighted by atomic mass is 16.3. The molecule has 2 N–H and O–H groups in total. The van der Waals surface area contributed by atoms with E-state index in [9.17, 15) is 15.1 Å². The van der Waals surface area contributed by atoms with Crippen LogP contribution in [-0.2, 0) is 51.8 Å². The lowest BCUT2D eigenvalue weighted by atomic mass is 9.75. The van der Waals surface area contributed by atoms with Gasteiger partial charge >= 0.3 is 0 Å². The molecular formula is C54H77NO3. The molecule has 0 aliphatic heterocycles. The summed E-state index contributed by atoms with van der Waals surface area (Å²) in [6.45, 7) is 46.0. The Kier molecular flexibility index (Phi) is 12.6. The van der Waals surface area contributed by atoms with Crippen molar-refractivity contribution in [3.63, 3.8) is 0 Å². The van der Waals surface area contributed by atoms with Crippen molar-refractivity contribution in [1.82, 2.24) is 0 Å². The number of benzene rings is 4. The third-order valence-electron chi connectivity index (χ3n) is 12.3. The maximum Gasteiger partial charge on any atom is 0.123 e. The van der Waals surface area contributed by atoms with Gasteiger partial charge in [0, 0.05) is 0 Å². The molecule has 0 fully saturated rings. The number of rotatable bonds is 7. The predicted molar refractivity (Wildman–Crippen MR) is 249 cm³/mol. The van der Waals surface area contributed by atoms with Crippen LogP contribution in [0.15, 0.2) is 41.6 Å². The Bertz CT molecular complexity index is 1990. The van der Waals surface area contributed by atoms with Crippen molar-refractivity contribution in [1.29, 1.82) is 0 Å². The normalized spacial score (nSPS) is 13.3. The van der Waals surface area contributed by atoms with Crippen molar-refractivity contribution < 1.29 is 10.2 Å². The van der Waals surface area contributed by atoms with E-state index in [0.717, 1.165) is 52.6 Å². The second-order valence-corrected chi connectivity index (χ2v) is 23.6. The Hall–Kier alpha value is -3.92. The van der Waals surface area contributed by atoms with Gasteiger partial charge in [-0.2, -0.15) is 0 Å².